The Morgan fingerprint density at radius 3 is 2.70 bits per heavy atom. The molecule has 0 spiro atoms. The van der Waals surface area contributed by atoms with Crippen molar-refractivity contribution in [3.05, 3.63) is 35.4 Å². The van der Waals surface area contributed by atoms with Crippen LogP contribution in [0.1, 0.15) is 24.9 Å². The summed E-state index contributed by atoms with van der Waals surface area (Å²) >= 11 is 0. The zero-order chi connectivity index (χ0) is 14.5. The van der Waals surface area contributed by atoms with Crippen LogP contribution in [0.3, 0.4) is 0 Å². The monoisotopic (exact) mass is 276 g/mol. The summed E-state index contributed by atoms with van der Waals surface area (Å²) in [5, 5.41) is 0. The third-order valence-electron chi connectivity index (χ3n) is 3.69. The Morgan fingerprint density at radius 2 is 2.15 bits per heavy atom. The van der Waals surface area contributed by atoms with Crippen molar-refractivity contribution in [1.29, 1.82) is 0 Å². The molecule has 1 heterocycles. The number of rotatable bonds is 5. The zero-order valence-electron chi connectivity index (χ0n) is 12.6. The molecule has 1 aliphatic heterocycles. The van der Waals surface area contributed by atoms with Gasteiger partial charge in [0.25, 0.3) is 0 Å². The van der Waals surface area contributed by atoms with E-state index < -0.39 is 0 Å². The highest BCUT2D eigenvalue weighted by Gasteiger charge is 2.19. The Morgan fingerprint density at radius 1 is 1.35 bits per heavy atom. The van der Waals surface area contributed by atoms with Crippen LogP contribution in [0.5, 0.6) is 5.75 Å². The average molecular weight is 276 g/mol. The third-order valence-corrected chi connectivity index (χ3v) is 3.69. The summed E-state index contributed by atoms with van der Waals surface area (Å²) in [5.41, 5.74) is 9.76. The van der Waals surface area contributed by atoms with E-state index in [1.54, 1.807) is 14.2 Å². The molecule has 2 rings (SSSR count). The van der Waals surface area contributed by atoms with Crippen LogP contribution in [0.25, 0.3) is 0 Å². The molecule has 1 atom stereocenters. The van der Waals surface area contributed by atoms with Crippen molar-refractivity contribution in [2.45, 2.75) is 19.4 Å². The average Bonchev–Trinajstić information content (AvgIpc) is 2.47. The van der Waals surface area contributed by atoms with Crippen molar-refractivity contribution in [1.82, 2.24) is 0 Å². The van der Waals surface area contributed by atoms with Gasteiger partial charge in [-0.2, -0.15) is 0 Å². The van der Waals surface area contributed by atoms with E-state index in [4.69, 9.17) is 15.2 Å². The standard InChI is InChI=1S/C16H24N2O2/c1-12(17)16-14(5-4-6-15(16)20-3)18-9-7-13(8-10-18)11-19-2/h4-7,12H,8-11,17H2,1-3H3/t12-/m0/s1. The SMILES string of the molecule is COCC1=CCN(c2cccc(OC)c2[C@H](C)N)CC1. The third kappa shape index (κ3) is 3.14. The fourth-order valence-electron chi connectivity index (χ4n) is 2.69. The molecule has 4 heteroatoms. The van der Waals surface area contributed by atoms with Gasteiger partial charge < -0.3 is 20.1 Å². The molecule has 1 aromatic carbocycles. The van der Waals surface area contributed by atoms with Gasteiger partial charge in [0, 0.05) is 37.5 Å². The number of anilines is 1. The van der Waals surface area contributed by atoms with Crippen molar-refractivity contribution < 1.29 is 9.47 Å². The minimum atomic E-state index is -0.0505. The van der Waals surface area contributed by atoms with Crippen LogP contribution in [0.2, 0.25) is 0 Å². The lowest BCUT2D eigenvalue weighted by molar-refractivity contribution is 0.222. The number of nitrogens with two attached hydrogens (primary N) is 1. The summed E-state index contributed by atoms with van der Waals surface area (Å²) in [6.07, 6.45) is 3.28. The molecule has 0 saturated carbocycles. The lowest BCUT2D eigenvalue weighted by Crippen LogP contribution is -2.31. The Bertz CT molecular complexity index is 483. The second-order valence-electron chi connectivity index (χ2n) is 5.17. The maximum atomic E-state index is 6.13. The molecule has 110 valence electrons. The second kappa shape index (κ2) is 6.77. The molecule has 0 fully saturated rings. The number of nitrogens with zero attached hydrogens (tertiary/aromatic N) is 1. The molecule has 0 aliphatic carbocycles. The van der Waals surface area contributed by atoms with Crippen molar-refractivity contribution in [2.75, 3.05) is 38.8 Å². The normalized spacial score (nSPS) is 16.8. The van der Waals surface area contributed by atoms with Gasteiger partial charge >= 0.3 is 0 Å². The molecular weight excluding hydrogens is 252 g/mol. The quantitative estimate of drug-likeness (QED) is 0.839. The smallest absolute Gasteiger partial charge is 0.125 e. The number of hydrogen-bond acceptors (Lipinski definition) is 4. The van der Waals surface area contributed by atoms with Gasteiger partial charge in [-0.15, -0.1) is 0 Å². The van der Waals surface area contributed by atoms with Crippen LogP contribution in [0.15, 0.2) is 29.8 Å². The topological polar surface area (TPSA) is 47.7 Å². The zero-order valence-corrected chi connectivity index (χ0v) is 12.6. The van der Waals surface area contributed by atoms with Gasteiger partial charge in [0.05, 0.1) is 13.7 Å². The predicted molar refractivity (Wildman–Crippen MR) is 82.4 cm³/mol. The number of ether oxygens (including phenoxy) is 2. The molecule has 0 radical (unpaired) electrons. The summed E-state index contributed by atoms with van der Waals surface area (Å²) in [6, 6.07) is 6.06. The molecule has 0 unspecified atom stereocenters. The maximum Gasteiger partial charge on any atom is 0.125 e. The maximum absolute atomic E-state index is 6.13. The first kappa shape index (κ1) is 14.9. The summed E-state index contributed by atoms with van der Waals surface area (Å²) in [4.78, 5) is 2.35. The molecule has 1 aliphatic rings. The van der Waals surface area contributed by atoms with E-state index in [1.165, 1.54) is 11.3 Å². The van der Waals surface area contributed by atoms with Gasteiger partial charge in [0.15, 0.2) is 0 Å². The van der Waals surface area contributed by atoms with E-state index >= 15 is 0 Å². The summed E-state index contributed by atoms with van der Waals surface area (Å²) < 4.78 is 10.6. The number of benzene rings is 1. The second-order valence-corrected chi connectivity index (χ2v) is 5.17. The van der Waals surface area contributed by atoms with Crippen LogP contribution < -0.4 is 15.4 Å². The molecule has 0 aromatic heterocycles. The molecule has 4 nitrogen and oxygen atoms in total. The van der Waals surface area contributed by atoms with Crippen LogP contribution in [0.4, 0.5) is 5.69 Å². The van der Waals surface area contributed by atoms with E-state index in [2.05, 4.69) is 17.0 Å². The molecule has 1 aromatic rings. The summed E-state index contributed by atoms with van der Waals surface area (Å²) in [7, 11) is 3.43. The Labute approximate surface area is 121 Å². The van der Waals surface area contributed by atoms with Gasteiger partial charge in [-0.25, -0.2) is 0 Å². The van der Waals surface area contributed by atoms with E-state index in [1.807, 2.05) is 19.1 Å². The highest BCUT2D eigenvalue weighted by Crippen LogP contribution is 2.34. The number of hydrogen-bond donors (Lipinski definition) is 1. The molecule has 0 bridgehead atoms. The van der Waals surface area contributed by atoms with E-state index in [0.29, 0.717) is 0 Å². The first-order valence-corrected chi connectivity index (χ1v) is 7.01. The molecule has 20 heavy (non-hydrogen) atoms. The first-order valence-electron chi connectivity index (χ1n) is 7.01. The van der Waals surface area contributed by atoms with Gasteiger partial charge in [-0.3, -0.25) is 0 Å². The molecule has 0 saturated heterocycles. The minimum Gasteiger partial charge on any atom is -0.496 e. The lowest BCUT2D eigenvalue weighted by atomic mass is 10.0. The molecular formula is C16H24N2O2. The van der Waals surface area contributed by atoms with E-state index in [0.717, 1.165) is 37.4 Å². The largest absolute Gasteiger partial charge is 0.496 e. The summed E-state index contributed by atoms with van der Waals surface area (Å²) in [5.74, 6) is 0.865. The van der Waals surface area contributed by atoms with Crippen LogP contribution in [0, 0.1) is 0 Å². The Kier molecular flexibility index (Phi) is 5.04. The lowest BCUT2D eigenvalue weighted by Gasteiger charge is -2.31. The molecule has 2 N–H and O–H groups in total. The van der Waals surface area contributed by atoms with Crippen molar-refractivity contribution in [3.63, 3.8) is 0 Å². The van der Waals surface area contributed by atoms with E-state index in [9.17, 15) is 0 Å². The fraction of sp³-hybridized carbons (Fsp3) is 0.500. The van der Waals surface area contributed by atoms with Crippen molar-refractivity contribution >= 4 is 5.69 Å². The first-order chi connectivity index (χ1) is 9.67. The molecule has 0 amide bonds. The van der Waals surface area contributed by atoms with Gasteiger partial charge in [0.2, 0.25) is 0 Å². The Hall–Kier alpha value is -1.52. The van der Waals surface area contributed by atoms with Crippen LogP contribution in [-0.4, -0.2) is 33.9 Å². The highest BCUT2D eigenvalue weighted by molar-refractivity contribution is 5.61. The van der Waals surface area contributed by atoms with Gasteiger partial charge in [-0.05, 0) is 31.1 Å². The van der Waals surface area contributed by atoms with E-state index in [-0.39, 0.29) is 6.04 Å². The van der Waals surface area contributed by atoms with Gasteiger partial charge in [-0.1, -0.05) is 12.1 Å². The highest BCUT2D eigenvalue weighted by atomic mass is 16.5. The van der Waals surface area contributed by atoms with Crippen LogP contribution >= 0.6 is 0 Å². The predicted octanol–water partition coefficient (Wildman–Crippen LogP) is 2.50. The summed E-state index contributed by atoms with van der Waals surface area (Å²) in [6.45, 7) is 4.61. The minimum absolute atomic E-state index is 0.0505. The van der Waals surface area contributed by atoms with Crippen LogP contribution in [-0.2, 0) is 4.74 Å². The Balaban J connectivity index is 2.26. The van der Waals surface area contributed by atoms with Crippen molar-refractivity contribution in [2.24, 2.45) is 5.73 Å². The fourth-order valence-corrected chi connectivity index (χ4v) is 2.69. The van der Waals surface area contributed by atoms with Crippen molar-refractivity contribution in [3.8, 4) is 5.75 Å². The van der Waals surface area contributed by atoms with Gasteiger partial charge in [0.1, 0.15) is 5.75 Å². The number of methoxy groups -OCH3 is 2.